The summed E-state index contributed by atoms with van der Waals surface area (Å²) in [6.45, 7) is 0. The van der Waals surface area contributed by atoms with Gasteiger partial charge in [0, 0.05) is 11.1 Å². The van der Waals surface area contributed by atoms with Crippen LogP contribution in [0.4, 0.5) is 0 Å². The highest BCUT2D eigenvalue weighted by Gasteiger charge is 2.28. The zero-order valence-electron chi connectivity index (χ0n) is 14.3. The van der Waals surface area contributed by atoms with Gasteiger partial charge in [-0.15, -0.1) is 0 Å². The molecule has 3 aromatic carbocycles. The fraction of sp³-hybridized carbons (Fsp3) is 0. The molecule has 1 aliphatic heterocycles. The fourth-order valence-electron chi connectivity index (χ4n) is 2.77. The van der Waals surface area contributed by atoms with Crippen molar-refractivity contribution in [2.75, 3.05) is 0 Å². The lowest BCUT2D eigenvalue weighted by atomic mass is 10.1. The van der Waals surface area contributed by atoms with E-state index in [-0.39, 0.29) is 22.9 Å². The summed E-state index contributed by atoms with van der Waals surface area (Å²) in [5.41, 5.74) is 1.39. The number of halogens is 2. The second-order valence-corrected chi connectivity index (χ2v) is 6.87. The van der Waals surface area contributed by atoms with Gasteiger partial charge in [0.25, 0.3) is 0 Å². The summed E-state index contributed by atoms with van der Waals surface area (Å²) < 4.78 is 11.0. The van der Waals surface area contributed by atoms with Gasteiger partial charge in [0.2, 0.25) is 5.78 Å². The van der Waals surface area contributed by atoms with Crippen molar-refractivity contribution in [2.24, 2.45) is 0 Å². The molecule has 0 aliphatic carbocycles. The minimum atomic E-state index is -0.593. The normalized spacial score (nSPS) is 13.9. The van der Waals surface area contributed by atoms with Gasteiger partial charge < -0.3 is 9.47 Å². The van der Waals surface area contributed by atoms with E-state index in [2.05, 4.69) is 0 Å². The van der Waals surface area contributed by atoms with Crippen molar-refractivity contribution in [1.82, 2.24) is 0 Å². The second kappa shape index (κ2) is 7.50. The maximum Gasteiger partial charge on any atom is 0.345 e. The Hall–Kier alpha value is -3.08. The Bertz CT molecular complexity index is 1130. The van der Waals surface area contributed by atoms with E-state index < -0.39 is 5.97 Å². The Balaban J connectivity index is 1.57. The van der Waals surface area contributed by atoms with Gasteiger partial charge >= 0.3 is 5.97 Å². The zero-order valence-corrected chi connectivity index (χ0v) is 15.8. The highest BCUT2D eigenvalue weighted by Crippen LogP contribution is 2.35. The molecule has 0 bridgehead atoms. The van der Waals surface area contributed by atoms with E-state index >= 15 is 0 Å². The van der Waals surface area contributed by atoms with Crippen molar-refractivity contribution in [2.45, 2.75) is 0 Å². The third-order valence-corrected chi connectivity index (χ3v) is 4.66. The Morgan fingerprint density at radius 3 is 2.57 bits per heavy atom. The molecule has 1 heterocycles. The van der Waals surface area contributed by atoms with E-state index in [1.165, 1.54) is 12.1 Å². The molecule has 4 nitrogen and oxygen atoms in total. The molecule has 0 N–H and O–H groups in total. The van der Waals surface area contributed by atoms with E-state index in [1.54, 1.807) is 54.6 Å². The van der Waals surface area contributed by atoms with Gasteiger partial charge in [-0.05, 0) is 48.0 Å². The Kier molecular flexibility index (Phi) is 4.90. The van der Waals surface area contributed by atoms with Gasteiger partial charge in [0.15, 0.2) is 5.76 Å². The van der Waals surface area contributed by atoms with Crippen LogP contribution in [0.2, 0.25) is 10.0 Å². The van der Waals surface area contributed by atoms with Crippen LogP contribution in [0.1, 0.15) is 26.3 Å². The molecule has 0 atom stereocenters. The summed E-state index contributed by atoms with van der Waals surface area (Å²) in [5.74, 6) is -0.0985. The van der Waals surface area contributed by atoms with Crippen LogP contribution in [0.5, 0.6) is 11.5 Å². The molecule has 0 fully saturated rings. The lowest BCUT2D eigenvalue weighted by molar-refractivity contribution is 0.0734. The minimum Gasteiger partial charge on any atom is -0.452 e. The number of Topliss-reactive ketones (excluding diaryl/α,β-unsaturated/α-hetero) is 1. The Morgan fingerprint density at radius 2 is 1.79 bits per heavy atom. The van der Waals surface area contributed by atoms with Crippen LogP contribution >= 0.6 is 23.2 Å². The van der Waals surface area contributed by atoms with Gasteiger partial charge in [0.1, 0.15) is 11.5 Å². The van der Waals surface area contributed by atoms with E-state index in [0.717, 1.165) is 5.56 Å². The largest absolute Gasteiger partial charge is 0.452 e. The summed E-state index contributed by atoms with van der Waals surface area (Å²) in [7, 11) is 0. The fourth-order valence-corrected chi connectivity index (χ4v) is 3.18. The summed E-state index contributed by atoms with van der Waals surface area (Å²) in [6, 6.07) is 18.3. The molecular weight excluding hydrogens is 399 g/mol. The Morgan fingerprint density at radius 1 is 0.964 bits per heavy atom. The molecule has 1 aliphatic rings. The number of rotatable bonds is 3. The summed E-state index contributed by atoms with van der Waals surface area (Å²) in [6.07, 6.45) is 1.61. The van der Waals surface area contributed by atoms with E-state index in [0.29, 0.717) is 21.4 Å². The lowest BCUT2D eigenvalue weighted by Crippen LogP contribution is -2.09. The summed E-state index contributed by atoms with van der Waals surface area (Å²) >= 11 is 12.0. The number of hydrogen-bond donors (Lipinski definition) is 0. The van der Waals surface area contributed by atoms with Crippen LogP contribution in [0.25, 0.3) is 6.08 Å². The van der Waals surface area contributed by atoms with E-state index in [9.17, 15) is 9.59 Å². The van der Waals surface area contributed by atoms with Crippen LogP contribution in [0, 0.1) is 0 Å². The van der Waals surface area contributed by atoms with E-state index in [4.69, 9.17) is 32.7 Å². The average molecular weight is 411 g/mol. The Labute approximate surface area is 170 Å². The number of fused-ring (bicyclic) bond motifs is 1. The quantitative estimate of drug-likeness (QED) is 0.309. The molecular formula is C22H12Cl2O4. The van der Waals surface area contributed by atoms with Crippen molar-refractivity contribution in [1.29, 1.82) is 0 Å². The lowest BCUT2D eigenvalue weighted by Gasteiger charge is -2.06. The molecule has 0 saturated carbocycles. The number of ketones is 1. The predicted molar refractivity (Wildman–Crippen MR) is 107 cm³/mol. The third-order valence-electron chi connectivity index (χ3n) is 4.09. The number of esters is 1. The van der Waals surface area contributed by atoms with Crippen LogP contribution < -0.4 is 9.47 Å². The number of carbonyl (C=O) groups excluding carboxylic acids is 2. The first-order chi connectivity index (χ1) is 13.5. The first-order valence-corrected chi connectivity index (χ1v) is 9.07. The number of carbonyl (C=O) groups is 2. The maximum absolute atomic E-state index is 12.5. The molecule has 138 valence electrons. The molecule has 0 amide bonds. The van der Waals surface area contributed by atoms with Crippen molar-refractivity contribution < 1.29 is 19.1 Å². The smallest absolute Gasteiger partial charge is 0.345 e. The average Bonchev–Trinajstić information content (AvgIpc) is 2.97. The zero-order chi connectivity index (χ0) is 19.7. The molecule has 0 radical (unpaired) electrons. The highest BCUT2D eigenvalue weighted by atomic mass is 35.5. The number of hydrogen-bond acceptors (Lipinski definition) is 4. The second-order valence-electron chi connectivity index (χ2n) is 6.02. The van der Waals surface area contributed by atoms with Crippen molar-refractivity contribution in [3.8, 4) is 11.5 Å². The van der Waals surface area contributed by atoms with Gasteiger partial charge in [-0.3, -0.25) is 4.79 Å². The minimum absolute atomic E-state index is 0.173. The van der Waals surface area contributed by atoms with Gasteiger partial charge in [-0.25, -0.2) is 4.79 Å². The van der Waals surface area contributed by atoms with Gasteiger partial charge in [-0.2, -0.15) is 0 Å². The highest BCUT2D eigenvalue weighted by molar-refractivity contribution is 6.33. The standard InChI is InChI=1S/C22H12Cl2O4/c23-14-5-3-4-13(10-14)11-20-21(25)17-9-8-15(12-19(17)28-20)27-22(26)16-6-1-2-7-18(16)24/h1-12H/b20-11+. The molecule has 0 aromatic heterocycles. The SMILES string of the molecule is O=C(Oc1ccc2c(c1)O/C(=C/c1cccc(Cl)c1)C2=O)c1ccccc1Cl. The van der Waals surface area contributed by atoms with Crippen molar-refractivity contribution in [3.05, 3.63) is 99.2 Å². The third kappa shape index (κ3) is 3.65. The van der Waals surface area contributed by atoms with Gasteiger partial charge in [0.05, 0.1) is 16.1 Å². The number of allylic oxidation sites excluding steroid dienone is 1. The van der Waals surface area contributed by atoms with Crippen LogP contribution in [0.15, 0.2) is 72.5 Å². The van der Waals surface area contributed by atoms with E-state index in [1.807, 2.05) is 6.07 Å². The first kappa shape index (κ1) is 18.3. The summed E-state index contributed by atoms with van der Waals surface area (Å²) in [4.78, 5) is 24.8. The van der Waals surface area contributed by atoms with Crippen molar-refractivity contribution in [3.63, 3.8) is 0 Å². The molecule has 4 rings (SSSR count). The molecule has 0 spiro atoms. The van der Waals surface area contributed by atoms with Crippen molar-refractivity contribution >= 4 is 41.0 Å². The van der Waals surface area contributed by atoms with Gasteiger partial charge in [-0.1, -0.05) is 47.5 Å². The maximum atomic E-state index is 12.5. The summed E-state index contributed by atoms with van der Waals surface area (Å²) in [5, 5.41) is 0.859. The molecule has 0 unspecified atom stereocenters. The predicted octanol–water partition coefficient (Wildman–Crippen LogP) is 5.83. The van der Waals surface area contributed by atoms with Crippen LogP contribution in [-0.4, -0.2) is 11.8 Å². The first-order valence-electron chi connectivity index (χ1n) is 8.32. The number of ether oxygens (including phenoxy) is 2. The van der Waals surface area contributed by atoms with Crippen LogP contribution in [0.3, 0.4) is 0 Å². The topological polar surface area (TPSA) is 52.6 Å². The monoisotopic (exact) mass is 410 g/mol. The molecule has 3 aromatic rings. The number of benzene rings is 3. The van der Waals surface area contributed by atoms with Crippen LogP contribution in [-0.2, 0) is 0 Å². The molecule has 28 heavy (non-hydrogen) atoms. The molecule has 6 heteroatoms. The molecule has 0 saturated heterocycles.